The van der Waals surface area contributed by atoms with Crippen LogP contribution < -0.4 is 0 Å². The van der Waals surface area contributed by atoms with Crippen LogP contribution in [0.25, 0.3) is 0 Å². The zero-order valence-electron chi connectivity index (χ0n) is 7.26. The lowest BCUT2D eigenvalue weighted by atomic mass is 10.1. The minimum absolute atomic E-state index is 0.0465. The monoisotopic (exact) mass is 190 g/mol. The summed E-state index contributed by atoms with van der Waals surface area (Å²) >= 11 is 0. The summed E-state index contributed by atoms with van der Waals surface area (Å²) in [5.41, 5.74) is -0.388. The van der Waals surface area contributed by atoms with E-state index >= 15 is 0 Å². The first kappa shape index (κ1) is 9.95. The quantitative estimate of drug-likeness (QED) is 0.680. The third-order valence-electron chi connectivity index (χ3n) is 1.59. The standard InChI is InChI=1S/C8H9F3N2/c1-5(2)7-3-6(4-12-13-7)8(9,10)11/h3-5H,1-2H3. The molecule has 0 saturated carbocycles. The summed E-state index contributed by atoms with van der Waals surface area (Å²) in [6.07, 6.45) is -3.61. The Morgan fingerprint density at radius 2 is 1.92 bits per heavy atom. The van der Waals surface area contributed by atoms with Gasteiger partial charge in [0.25, 0.3) is 0 Å². The molecule has 5 heteroatoms. The van der Waals surface area contributed by atoms with Crippen molar-refractivity contribution in [1.82, 2.24) is 10.2 Å². The highest BCUT2D eigenvalue weighted by Crippen LogP contribution is 2.29. The predicted molar refractivity (Wildman–Crippen MR) is 41.1 cm³/mol. The second-order valence-electron chi connectivity index (χ2n) is 3.02. The fraction of sp³-hybridized carbons (Fsp3) is 0.500. The maximum atomic E-state index is 12.2. The van der Waals surface area contributed by atoms with Gasteiger partial charge in [-0.2, -0.15) is 23.4 Å². The Hall–Kier alpha value is -1.13. The Balaban J connectivity index is 3.06. The first-order valence-corrected chi connectivity index (χ1v) is 3.81. The Bertz CT molecular complexity index is 294. The van der Waals surface area contributed by atoms with Crippen molar-refractivity contribution in [3.63, 3.8) is 0 Å². The van der Waals surface area contributed by atoms with Crippen LogP contribution in [0.1, 0.15) is 31.0 Å². The van der Waals surface area contributed by atoms with Crippen molar-refractivity contribution in [1.29, 1.82) is 0 Å². The number of halogens is 3. The van der Waals surface area contributed by atoms with Crippen LogP contribution >= 0.6 is 0 Å². The maximum absolute atomic E-state index is 12.2. The van der Waals surface area contributed by atoms with Crippen molar-refractivity contribution in [3.8, 4) is 0 Å². The molecule has 0 spiro atoms. The lowest BCUT2D eigenvalue weighted by molar-refractivity contribution is -0.138. The zero-order chi connectivity index (χ0) is 10.1. The fourth-order valence-electron chi connectivity index (χ4n) is 0.820. The highest BCUT2D eigenvalue weighted by molar-refractivity contribution is 5.17. The molecule has 0 aliphatic heterocycles. The molecule has 0 aliphatic carbocycles. The van der Waals surface area contributed by atoms with Crippen LogP contribution in [0.3, 0.4) is 0 Å². The molecule has 1 aromatic heterocycles. The SMILES string of the molecule is CC(C)c1cc(C(F)(F)F)cnn1. The van der Waals surface area contributed by atoms with Crippen LogP contribution in [0.4, 0.5) is 13.2 Å². The van der Waals surface area contributed by atoms with E-state index in [2.05, 4.69) is 10.2 Å². The molecule has 2 nitrogen and oxygen atoms in total. The average Bonchev–Trinajstić information content (AvgIpc) is 2.03. The topological polar surface area (TPSA) is 25.8 Å². The molecule has 0 amide bonds. The molecule has 0 radical (unpaired) electrons. The van der Waals surface area contributed by atoms with Crippen molar-refractivity contribution in [2.45, 2.75) is 25.9 Å². The summed E-state index contributed by atoms with van der Waals surface area (Å²) in [6.45, 7) is 3.54. The van der Waals surface area contributed by atoms with Gasteiger partial charge in [-0.1, -0.05) is 13.8 Å². The number of hydrogen-bond donors (Lipinski definition) is 0. The minimum atomic E-state index is -4.33. The van der Waals surface area contributed by atoms with Crippen LogP contribution in [-0.2, 0) is 6.18 Å². The van der Waals surface area contributed by atoms with E-state index in [1.54, 1.807) is 13.8 Å². The number of rotatable bonds is 1. The van der Waals surface area contributed by atoms with Crippen molar-refractivity contribution >= 4 is 0 Å². The lowest BCUT2D eigenvalue weighted by Gasteiger charge is -2.08. The van der Waals surface area contributed by atoms with E-state index in [0.29, 0.717) is 5.69 Å². The second kappa shape index (κ2) is 3.32. The van der Waals surface area contributed by atoms with Crippen LogP contribution in [0.5, 0.6) is 0 Å². The molecule has 1 heterocycles. The van der Waals surface area contributed by atoms with Gasteiger partial charge >= 0.3 is 6.18 Å². The van der Waals surface area contributed by atoms with Crippen molar-refractivity contribution in [2.75, 3.05) is 0 Å². The highest BCUT2D eigenvalue weighted by atomic mass is 19.4. The van der Waals surface area contributed by atoms with Gasteiger partial charge in [0.05, 0.1) is 17.5 Å². The van der Waals surface area contributed by atoms with Crippen LogP contribution in [0, 0.1) is 0 Å². The van der Waals surface area contributed by atoms with E-state index in [-0.39, 0.29) is 5.92 Å². The summed E-state index contributed by atoms with van der Waals surface area (Å²) in [7, 11) is 0. The molecular weight excluding hydrogens is 181 g/mol. The van der Waals surface area contributed by atoms with Gasteiger partial charge in [-0.25, -0.2) is 0 Å². The fourth-order valence-corrected chi connectivity index (χ4v) is 0.820. The Morgan fingerprint density at radius 3 is 2.38 bits per heavy atom. The molecule has 1 aromatic rings. The average molecular weight is 190 g/mol. The minimum Gasteiger partial charge on any atom is -0.166 e. The van der Waals surface area contributed by atoms with Gasteiger partial charge < -0.3 is 0 Å². The highest BCUT2D eigenvalue weighted by Gasteiger charge is 2.31. The number of aromatic nitrogens is 2. The zero-order valence-corrected chi connectivity index (χ0v) is 7.26. The van der Waals surface area contributed by atoms with Crippen LogP contribution in [0.2, 0.25) is 0 Å². The summed E-state index contributed by atoms with van der Waals surface area (Å²) in [5.74, 6) is -0.0465. The summed E-state index contributed by atoms with van der Waals surface area (Å²) in [4.78, 5) is 0. The summed E-state index contributed by atoms with van der Waals surface area (Å²) < 4.78 is 36.5. The van der Waals surface area contributed by atoms with E-state index in [0.717, 1.165) is 12.3 Å². The lowest BCUT2D eigenvalue weighted by Crippen LogP contribution is -2.08. The van der Waals surface area contributed by atoms with Gasteiger partial charge in [0.2, 0.25) is 0 Å². The molecule has 0 N–H and O–H groups in total. The normalized spacial score (nSPS) is 12.2. The van der Waals surface area contributed by atoms with Gasteiger partial charge in [-0.15, -0.1) is 0 Å². The smallest absolute Gasteiger partial charge is 0.166 e. The van der Waals surface area contributed by atoms with Crippen molar-refractivity contribution in [2.24, 2.45) is 0 Å². The molecule has 0 fully saturated rings. The van der Waals surface area contributed by atoms with E-state index in [9.17, 15) is 13.2 Å². The summed E-state index contributed by atoms with van der Waals surface area (Å²) in [6, 6.07) is 1.03. The molecule has 0 saturated heterocycles. The Kier molecular flexibility index (Phi) is 2.54. The van der Waals surface area contributed by atoms with E-state index in [1.807, 2.05) is 0 Å². The van der Waals surface area contributed by atoms with Crippen molar-refractivity contribution < 1.29 is 13.2 Å². The van der Waals surface area contributed by atoms with Gasteiger partial charge in [0, 0.05) is 0 Å². The third-order valence-corrected chi connectivity index (χ3v) is 1.59. The molecule has 0 aliphatic rings. The third kappa shape index (κ3) is 2.40. The second-order valence-corrected chi connectivity index (χ2v) is 3.02. The van der Waals surface area contributed by atoms with E-state index in [4.69, 9.17) is 0 Å². The largest absolute Gasteiger partial charge is 0.418 e. The van der Waals surface area contributed by atoms with Crippen LogP contribution in [-0.4, -0.2) is 10.2 Å². The first-order chi connectivity index (χ1) is 5.91. The molecule has 0 aromatic carbocycles. The van der Waals surface area contributed by atoms with Gasteiger partial charge in [0.1, 0.15) is 0 Å². The molecular formula is C8H9F3N2. The van der Waals surface area contributed by atoms with Gasteiger partial charge in [-0.05, 0) is 12.0 Å². The van der Waals surface area contributed by atoms with Gasteiger partial charge in [0.15, 0.2) is 0 Å². The predicted octanol–water partition coefficient (Wildman–Crippen LogP) is 2.62. The molecule has 0 bridgehead atoms. The number of hydrogen-bond acceptors (Lipinski definition) is 2. The van der Waals surface area contributed by atoms with E-state index in [1.165, 1.54) is 0 Å². The molecule has 72 valence electrons. The van der Waals surface area contributed by atoms with E-state index < -0.39 is 11.7 Å². The first-order valence-electron chi connectivity index (χ1n) is 3.81. The molecule has 1 rings (SSSR count). The number of nitrogens with zero attached hydrogens (tertiary/aromatic N) is 2. The Labute approximate surface area is 73.8 Å². The maximum Gasteiger partial charge on any atom is 0.418 e. The molecule has 0 unspecified atom stereocenters. The van der Waals surface area contributed by atoms with Gasteiger partial charge in [-0.3, -0.25) is 0 Å². The Morgan fingerprint density at radius 1 is 1.31 bits per heavy atom. The molecule has 0 atom stereocenters. The number of alkyl halides is 3. The molecule has 13 heavy (non-hydrogen) atoms. The van der Waals surface area contributed by atoms with Crippen LogP contribution in [0.15, 0.2) is 12.3 Å². The van der Waals surface area contributed by atoms with Crippen molar-refractivity contribution in [3.05, 3.63) is 23.5 Å². The summed E-state index contributed by atoms with van der Waals surface area (Å²) in [5, 5.41) is 6.90.